The van der Waals surface area contributed by atoms with Crippen molar-refractivity contribution in [3.63, 3.8) is 0 Å². The molecular weight excluding hydrogens is 233 g/mol. The van der Waals surface area contributed by atoms with Crippen LogP contribution in [0.25, 0.3) is 0 Å². The Hall–Kier alpha value is -1.66. The molecule has 0 rings (SSSR count). The summed E-state index contributed by atoms with van der Waals surface area (Å²) in [4.78, 5) is 36.7. The molecule has 0 aromatic heterocycles. The van der Waals surface area contributed by atoms with Crippen molar-refractivity contribution < 1.29 is 67.2 Å². The van der Waals surface area contributed by atoms with E-state index >= 15 is 0 Å². The van der Waals surface area contributed by atoms with Crippen molar-refractivity contribution in [2.45, 2.75) is 5.92 Å². The first-order valence-electron chi connectivity index (χ1n) is 2.82. The summed E-state index contributed by atoms with van der Waals surface area (Å²) >= 11 is 0. The first-order chi connectivity index (χ1) is 6.53. The number of carboxylic acids is 4. The maximum atomic E-state index is 11.5. The van der Waals surface area contributed by atoms with Gasteiger partial charge in [0, 0.05) is 0 Å². The first-order valence-corrected chi connectivity index (χ1v) is 2.82. The Kier molecular flexibility index (Phi) is 9.43. The summed E-state index contributed by atoms with van der Waals surface area (Å²) in [5, 5.41) is 31.3. The van der Waals surface area contributed by atoms with Gasteiger partial charge in [0.15, 0.2) is 5.97 Å². The second-order valence-corrected chi connectivity index (χ2v) is 1.78. The minimum Gasteiger partial charge on any atom is -0.539 e. The molecule has 0 saturated heterocycles. The second-order valence-electron chi connectivity index (χ2n) is 1.78. The summed E-state index contributed by atoms with van der Waals surface area (Å²) in [5.41, 5.74) is 0. The summed E-state index contributed by atoms with van der Waals surface area (Å²) < 4.78 is 22.9. The molecule has 0 heterocycles. The molecule has 16 heavy (non-hydrogen) atoms. The molecule has 0 aromatic rings. The zero-order chi connectivity index (χ0) is 12.8. The van der Waals surface area contributed by atoms with Gasteiger partial charge in [0.05, 0.1) is 0 Å². The van der Waals surface area contributed by atoms with Crippen LogP contribution in [0.3, 0.4) is 0 Å². The van der Waals surface area contributed by atoms with Crippen LogP contribution in [0.15, 0.2) is 0 Å². The topological polar surface area (TPSA) is 152 Å². The maximum Gasteiger partial charge on any atom is 1.00 e. The summed E-state index contributed by atoms with van der Waals surface area (Å²) in [6.45, 7) is 0. The van der Waals surface area contributed by atoms with E-state index in [1.807, 2.05) is 0 Å². The minimum absolute atomic E-state index is 0. The average molecular weight is 236 g/mol. The van der Waals surface area contributed by atoms with E-state index in [0.29, 0.717) is 0 Å². The first kappa shape index (κ1) is 19.8. The van der Waals surface area contributed by atoms with Crippen LogP contribution in [0.1, 0.15) is 0 Å². The van der Waals surface area contributed by atoms with Gasteiger partial charge in [-0.1, -0.05) is 0 Å². The van der Waals surface area contributed by atoms with Gasteiger partial charge >= 0.3 is 42.7 Å². The average Bonchev–Trinajstić information content (AvgIpc) is 2.04. The maximum absolute atomic E-state index is 11.5. The third-order valence-corrected chi connectivity index (χ3v) is 0.712. The molecule has 0 saturated carbocycles. The van der Waals surface area contributed by atoms with Crippen molar-refractivity contribution in [2.24, 2.45) is 0 Å². The largest absolute Gasteiger partial charge is 1.00 e. The van der Waals surface area contributed by atoms with E-state index in [4.69, 9.17) is 30.0 Å². The molecule has 86 valence electrons. The summed E-state index contributed by atoms with van der Waals surface area (Å²) in [7, 11) is 0. The van der Waals surface area contributed by atoms with Crippen LogP contribution in [-0.2, 0) is 19.2 Å². The Balaban J connectivity index is -0.000000214. The number of carbonyl (C=O) groups is 4. The van der Waals surface area contributed by atoms with Gasteiger partial charge in [-0.2, -0.15) is 8.78 Å². The molecule has 0 unspecified atom stereocenters. The summed E-state index contributed by atoms with van der Waals surface area (Å²) in [5.74, 6) is -14.0. The van der Waals surface area contributed by atoms with Crippen molar-refractivity contribution >= 4 is 23.9 Å². The number of carbonyl (C=O) groups excluding carboxylic acids is 1. The minimum atomic E-state index is -4.67. The molecule has 0 spiro atoms. The number of alkyl halides is 2. The molecule has 0 atom stereocenters. The molecular formula is C5H3F2LiO8. The molecule has 0 aromatic carbocycles. The van der Waals surface area contributed by atoms with E-state index in [2.05, 4.69) is 0 Å². The Morgan fingerprint density at radius 1 is 0.938 bits per heavy atom. The molecule has 0 bridgehead atoms. The molecule has 0 radical (unpaired) electrons. The molecule has 8 nitrogen and oxygen atoms in total. The Bertz CT molecular complexity index is 273. The van der Waals surface area contributed by atoms with Crippen molar-refractivity contribution in [3.8, 4) is 0 Å². The van der Waals surface area contributed by atoms with E-state index in [9.17, 15) is 18.4 Å². The Morgan fingerprint density at radius 3 is 1.12 bits per heavy atom. The molecule has 0 fully saturated rings. The van der Waals surface area contributed by atoms with Crippen molar-refractivity contribution in [1.29, 1.82) is 0 Å². The third-order valence-electron chi connectivity index (χ3n) is 0.712. The number of carboxylic acid groups (broad SMARTS) is 4. The van der Waals surface area contributed by atoms with Crippen LogP contribution < -0.4 is 24.0 Å². The van der Waals surface area contributed by atoms with E-state index in [1.54, 1.807) is 0 Å². The molecule has 0 aliphatic carbocycles. The van der Waals surface area contributed by atoms with Gasteiger partial charge in [-0.25, -0.2) is 14.4 Å². The molecule has 0 aliphatic rings. The number of aliphatic carboxylic acids is 4. The zero-order valence-electron chi connectivity index (χ0n) is 7.64. The van der Waals surface area contributed by atoms with Crippen LogP contribution in [0.4, 0.5) is 8.78 Å². The van der Waals surface area contributed by atoms with Gasteiger partial charge in [-0.05, 0) is 0 Å². The van der Waals surface area contributed by atoms with Gasteiger partial charge in [-0.15, -0.1) is 0 Å². The monoisotopic (exact) mass is 236 g/mol. The molecule has 3 N–H and O–H groups in total. The van der Waals surface area contributed by atoms with E-state index in [0.717, 1.165) is 0 Å². The van der Waals surface area contributed by atoms with Gasteiger partial charge in [0.1, 0.15) is 0 Å². The number of rotatable bonds is 2. The van der Waals surface area contributed by atoms with Crippen LogP contribution >= 0.6 is 0 Å². The van der Waals surface area contributed by atoms with Crippen LogP contribution in [0, 0.1) is 0 Å². The normalized spacial score (nSPS) is 8.88. The van der Waals surface area contributed by atoms with E-state index < -0.39 is 29.8 Å². The zero-order valence-corrected chi connectivity index (χ0v) is 7.64. The summed E-state index contributed by atoms with van der Waals surface area (Å²) in [6, 6.07) is 0. The SMILES string of the molecule is O=C(O)C(F)(F)C(=O)O.O=C([O-])C(=O)O.[Li+]. The summed E-state index contributed by atoms with van der Waals surface area (Å²) in [6.07, 6.45) is 0. The van der Waals surface area contributed by atoms with Crippen LogP contribution in [0.5, 0.6) is 0 Å². The fourth-order valence-electron chi connectivity index (χ4n) is 0.0915. The van der Waals surface area contributed by atoms with Crippen molar-refractivity contribution in [2.75, 3.05) is 0 Å². The van der Waals surface area contributed by atoms with Gasteiger partial charge in [0.2, 0.25) is 0 Å². The number of hydrogen-bond donors (Lipinski definition) is 3. The smallest absolute Gasteiger partial charge is 0.539 e. The third kappa shape index (κ3) is 7.71. The van der Waals surface area contributed by atoms with E-state index in [1.165, 1.54) is 0 Å². The fourth-order valence-corrected chi connectivity index (χ4v) is 0.0915. The molecule has 0 aliphatic heterocycles. The van der Waals surface area contributed by atoms with Crippen molar-refractivity contribution in [3.05, 3.63) is 0 Å². The van der Waals surface area contributed by atoms with Crippen LogP contribution in [0.2, 0.25) is 0 Å². The van der Waals surface area contributed by atoms with Crippen molar-refractivity contribution in [1.82, 2.24) is 0 Å². The van der Waals surface area contributed by atoms with Gasteiger partial charge < -0.3 is 25.2 Å². The fraction of sp³-hybridized carbons (Fsp3) is 0.200. The number of halogens is 2. The second kappa shape index (κ2) is 7.61. The van der Waals surface area contributed by atoms with E-state index in [-0.39, 0.29) is 18.9 Å². The van der Waals surface area contributed by atoms with Gasteiger partial charge in [0.25, 0.3) is 0 Å². The standard InChI is InChI=1S/C3H2F2O4.C2H2O4.Li/c4-3(5,1(6)7)2(8)9;3-1(4)2(5)6;/h(H,6,7)(H,8,9);(H,3,4)(H,5,6);/q;;+1/p-1. The predicted molar refractivity (Wildman–Crippen MR) is 32.9 cm³/mol. The quantitative estimate of drug-likeness (QED) is 0.244. The number of hydrogen-bond acceptors (Lipinski definition) is 5. The molecule has 0 amide bonds. The Morgan fingerprint density at radius 2 is 1.12 bits per heavy atom. The van der Waals surface area contributed by atoms with Gasteiger partial charge in [-0.3, -0.25) is 0 Å². The Labute approximate surface area is 97.7 Å². The van der Waals surface area contributed by atoms with Crippen LogP contribution in [-0.4, -0.2) is 45.1 Å². The molecule has 11 heteroatoms. The predicted octanol–water partition coefficient (Wildman–Crippen LogP) is -5.38.